The molecule has 5 nitrogen and oxygen atoms in total. The van der Waals surface area contributed by atoms with Crippen molar-refractivity contribution in [2.75, 3.05) is 19.6 Å². The topological polar surface area (TPSA) is 37.2 Å². The molecule has 0 radical (unpaired) electrons. The van der Waals surface area contributed by atoms with Crippen LogP contribution in [0.25, 0.3) is 5.69 Å². The van der Waals surface area contributed by atoms with Crippen LogP contribution >= 0.6 is 0 Å². The molecule has 2 atom stereocenters. The lowest BCUT2D eigenvalue weighted by Crippen LogP contribution is -2.43. The lowest BCUT2D eigenvalue weighted by atomic mass is 9.94. The third kappa shape index (κ3) is 3.86. The zero-order valence-corrected chi connectivity index (χ0v) is 16.2. The standard InChI is InChI=1S/C23H27N5/c1-2-20(12-24-9-1)13-26-14-21-5-8-23(17-26)28(16-21)15-19-3-6-22(7-4-19)27-11-10-25-18-27/h1-4,6-7,9-12,18,21,23H,5,8,13-17H2/t21-,23+/m0/s1. The van der Waals surface area contributed by atoms with Gasteiger partial charge in [-0.05, 0) is 48.1 Å². The predicted molar refractivity (Wildman–Crippen MR) is 110 cm³/mol. The number of rotatable bonds is 5. The van der Waals surface area contributed by atoms with E-state index in [2.05, 4.69) is 50.1 Å². The van der Waals surface area contributed by atoms with Crippen molar-refractivity contribution in [2.24, 2.45) is 5.92 Å². The van der Waals surface area contributed by atoms with Gasteiger partial charge in [0.1, 0.15) is 0 Å². The minimum atomic E-state index is 0.656. The Morgan fingerprint density at radius 1 is 0.857 bits per heavy atom. The van der Waals surface area contributed by atoms with Crippen molar-refractivity contribution in [2.45, 2.75) is 32.0 Å². The van der Waals surface area contributed by atoms with Gasteiger partial charge in [-0.1, -0.05) is 18.2 Å². The number of nitrogens with zero attached hydrogens (tertiary/aromatic N) is 5. The molecule has 6 rings (SSSR count). The summed E-state index contributed by atoms with van der Waals surface area (Å²) in [7, 11) is 0. The highest BCUT2D eigenvalue weighted by atomic mass is 15.3. The molecule has 3 saturated heterocycles. The summed E-state index contributed by atoms with van der Waals surface area (Å²) in [6, 6.07) is 13.8. The molecule has 3 aliphatic rings. The molecular formula is C23H27N5. The highest BCUT2D eigenvalue weighted by molar-refractivity contribution is 5.34. The number of fused-ring (bicyclic) bond motifs is 4. The van der Waals surface area contributed by atoms with Crippen LogP contribution in [0.4, 0.5) is 0 Å². The fourth-order valence-corrected chi connectivity index (χ4v) is 4.77. The number of hydrogen-bond donors (Lipinski definition) is 0. The highest BCUT2D eigenvalue weighted by Gasteiger charge is 2.34. The first-order valence-electron chi connectivity index (χ1n) is 10.3. The van der Waals surface area contributed by atoms with Crippen molar-refractivity contribution in [3.05, 3.63) is 78.6 Å². The number of aromatic nitrogens is 3. The molecule has 5 heteroatoms. The van der Waals surface area contributed by atoms with Crippen LogP contribution in [0.1, 0.15) is 24.0 Å². The van der Waals surface area contributed by atoms with E-state index in [1.165, 1.54) is 49.3 Å². The Balaban J connectivity index is 1.25. The largest absolute Gasteiger partial charge is 0.306 e. The summed E-state index contributed by atoms with van der Waals surface area (Å²) in [6.07, 6.45) is 12.2. The molecule has 1 aromatic carbocycles. The fourth-order valence-electron chi connectivity index (χ4n) is 4.77. The smallest absolute Gasteiger partial charge is 0.0991 e. The van der Waals surface area contributed by atoms with Gasteiger partial charge in [0.25, 0.3) is 0 Å². The molecule has 2 bridgehead atoms. The SMILES string of the molecule is c1cncc(CN2C[C@@H]3CC[C@H](C2)N(Cc2ccc(-n4ccnc4)cc2)C3)c1. The first-order chi connectivity index (χ1) is 13.8. The van der Waals surface area contributed by atoms with E-state index in [1.54, 1.807) is 0 Å². The van der Waals surface area contributed by atoms with E-state index in [9.17, 15) is 0 Å². The minimum absolute atomic E-state index is 0.656. The quantitative estimate of drug-likeness (QED) is 0.687. The second-order valence-corrected chi connectivity index (χ2v) is 8.22. The van der Waals surface area contributed by atoms with Crippen LogP contribution in [0.3, 0.4) is 0 Å². The molecule has 2 aromatic heterocycles. The molecule has 0 N–H and O–H groups in total. The van der Waals surface area contributed by atoms with E-state index >= 15 is 0 Å². The van der Waals surface area contributed by atoms with Gasteiger partial charge in [-0.25, -0.2) is 4.98 Å². The monoisotopic (exact) mass is 373 g/mol. The van der Waals surface area contributed by atoms with Gasteiger partial charge in [0.2, 0.25) is 0 Å². The summed E-state index contributed by atoms with van der Waals surface area (Å²) in [6.45, 7) is 5.66. The molecule has 3 aromatic rings. The number of hydrogen-bond acceptors (Lipinski definition) is 4. The van der Waals surface area contributed by atoms with E-state index in [1.807, 2.05) is 41.7 Å². The Morgan fingerprint density at radius 3 is 2.57 bits per heavy atom. The van der Waals surface area contributed by atoms with E-state index in [0.29, 0.717) is 6.04 Å². The van der Waals surface area contributed by atoms with Crippen molar-refractivity contribution in [1.29, 1.82) is 0 Å². The Morgan fingerprint density at radius 2 is 1.79 bits per heavy atom. The Hall–Kier alpha value is -2.50. The van der Waals surface area contributed by atoms with E-state index < -0.39 is 0 Å². The van der Waals surface area contributed by atoms with E-state index in [-0.39, 0.29) is 0 Å². The van der Waals surface area contributed by atoms with Gasteiger partial charge in [-0.15, -0.1) is 0 Å². The summed E-state index contributed by atoms with van der Waals surface area (Å²) in [5.74, 6) is 0.778. The fraction of sp³-hybridized carbons (Fsp3) is 0.391. The van der Waals surface area contributed by atoms with Crippen LogP contribution in [0.15, 0.2) is 67.5 Å². The van der Waals surface area contributed by atoms with Gasteiger partial charge in [0.05, 0.1) is 6.33 Å². The zero-order chi connectivity index (χ0) is 18.8. The third-order valence-corrected chi connectivity index (χ3v) is 6.16. The normalized spacial score (nSPS) is 23.0. The van der Waals surface area contributed by atoms with Gasteiger partial charge in [0.15, 0.2) is 0 Å². The van der Waals surface area contributed by atoms with Crippen LogP contribution in [-0.2, 0) is 13.1 Å². The summed E-state index contributed by atoms with van der Waals surface area (Å²) in [4.78, 5) is 13.8. The van der Waals surface area contributed by atoms with Crippen molar-refractivity contribution in [3.8, 4) is 5.69 Å². The second kappa shape index (κ2) is 7.86. The zero-order valence-electron chi connectivity index (χ0n) is 16.2. The number of benzene rings is 1. The Bertz CT molecular complexity index is 875. The van der Waals surface area contributed by atoms with Crippen molar-refractivity contribution in [1.82, 2.24) is 24.3 Å². The van der Waals surface area contributed by atoms with Crippen LogP contribution < -0.4 is 0 Å². The molecule has 144 valence electrons. The molecular weight excluding hydrogens is 346 g/mol. The summed E-state index contributed by atoms with van der Waals surface area (Å²) < 4.78 is 2.05. The summed E-state index contributed by atoms with van der Waals surface area (Å²) >= 11 is 0. The van der Waals surface area contributed by atoms with Crippen molar-refractivity contribution in [3.63, 3.8) is 0 Å². The first kappa shape index (κ1) is 17.6. The second-order valence-electron chi connectivity index (χ2n) is 8.22. The van der Waals surface area contributed by atoms with Crippen molar-refractivity contribution < 1.29 is 0 Å². The van der Waals surface area contributed by atoms with Gasteiger partial charge in [0, 0.05) is 69.2 Å². The van der Waals surface area contributed by atoms with E-state index in [4.69, 9.17) is 0 Å². The summed E-state index contributed by atoms with van der Waals surface area (Å²) in [5, 5.41) is 0. The predicted octanol–water partition coefficient (Wildman–Crippen LogP) is 3.36. The average molecular weight is 374 g/mol. The number of piperidine rings is 1. The third-order valence-electron chi connectivity index (χ3n) is 6.16. The van der Waals surface area contributed by atoms with Gasteiger partial charge in [-0.2, -0.15) is 0 Å². The summed E-state index contributed by atoms with van der Waals surface area (Å²) in [5.41, 5.74) is 3.89. The number of pyridine rings is 1. The van der Waals surface area contributed by atoms with Crippen LogP contribution in [0, 0.1) is 5.92 Å². The van der Waals surface area contributed by atoms with Crippen LogP contribution in [-0.4, -0.2) is 50.0 Å². The molecule has 0 aliphatic carbocycles. The molecule has 0 saturated carbocycles. The van der Waals surface area contributed by atoms with Gasteiger partial charge in [-0.3, -0.25) is 14.8 Å². The molecule has 5 heterocycles. The molecule has 28 heavy (non-hydrogen) atoms. The minimum Gasteiger partial charge on any atom is -0.306 e. The molecule has 3 aliphatic heterocycles. The maximum atomic E-state index is 4.28. The van der Waals surface area contributed by atoms with Gasteiger partial charge >= 0.3 is 0 Å². The molecule has 0 spiro atoms. The molecule has 0 amide bonds. The number of imidazole rings is 1. The van der Waals surface area contributed by atoms with Gasteiger partial charge < -0.3 is 4.57 Å². The maximum absolute atomic E-state index is 4.28. The Labute approximate surface area is 166 Å². The lowest BCUT2D eigenvalue weighted by Gasteiger charge is -2.36. The Kier molecular flexibility index (Phi) is 4.93. The van der Waals surface area contributed by atoms with Crippen molar-refractivity contribution >= 4 is 0 Å². The van der Waals surface area contributed by atoms with Crippen LogP contribution in [0.5, 0.6) is 0 Å². The molecule has 3 fully saturated rings. The maximum Gasteiger partial charge on any atom is 0.0991 e. The van der Waals surface area contributed by atoms with Crippen LogP contribution in [0.2, 0.25) is 0 Å². The first-order valence-corrected chi connectivity index (χ1v) is 10.3. The average Bonchev–Trinajstić information content (AvgIpc) is 3.13. The molecule has 0 unspecified atom stereocenters. The highest BCUT2D eigenvalue weighted by Crippen LogP contribution is 2.30. The van der Waals surface area contributed by atoms with E-state index in [0.717, 1.165) is 19.0 Å². The lowest BCUT2D eigenvalue weighted by molar-refractivity contribution is 0.123.